The highest BCUT2D eigenvalue weighted by molar-refractivity contribution is 6.07. The molecule has 0 N–H and O–H groups in total. The molecule has 2 aromatic carbocycles. The summed E-state index contributed by atoms with van der Waals surface area (Å²) in [5.74, 6) is 0.372. The van der Waals surface area contributed by atoms with Crippen LogP contribution in [-0.4, -0.2) is 36.9 Å². The average Bonchev–Trinajstić information content (AvgIpc) is 3.48. The van der Waals surface area contributed by atoms with Crippen molar-refractivity contribution in [2.75, 3.05) is 20.0 Å². The van der Waals surface area contributed by atoms with E-state index >= 15 is 0 Å². The van der Waals surface area contributed by atoms with Gasteiger partial charge in [-0.05, 0) is 60.2 Å². The molecule has 0 atom stereocenters. The number of allylic oxidation sites excluding steroid dienone is 1. The van der Waals surface area contributed by atoms with Crippen LogP contribution in [-0.2, 0) is 20.7 Å². The second-order valence-corrected chi connectivity index (χ2v) is 8.26. The Labute approximate surface area is 197 Å². The maximum atomic E-state index is 13.1. The lowest BCUT2D eigenvalue weighted by molar-refractivity contribution is -0.147. The molecular formula is C27H25NO6. The molecule has 0 amide bonds. The summed E-state index contributed by atoms with van der Waals surface area (Å²) < 4.78 is 21.4. The molecule has 3 aromatic rings. The summed E-state index contributed by atoms with van der Waals surface area (Å²) in [6.45, 7) is 2.16. The number of pyridine rings is 1. The molecule has 34 heavy (non-hydrogen) atoms. The van der Waals surface area contributed by atoms with Gasteiger partial charge in [0.15, 0.2) is 18.1 Å². The first-order valence-corrected chi connectivity index (χ1v) is 11.5. The van der Waals surface area contributed by atoms with Crippen LogP contribution in [0, 0.1) is 0 Å². The van der Waals surface area contributed by atoms with E-state index in [-0.39, 0.29) is 6.79 Å². The fraction of sp³-hybridized carbons (Fsp3) is 0.296. The highest BCUT2D eigenvalue weighted by atomic mass is 16.7. The Morgan fingerprint density at radius 3 is 2.79 bits per heavy atom. The molecule has 0 bridgehead atoms. The minimum atomic E-state index is -0.541. The predicted molar refractivity (Wildman–Crippen MR) is 127 cm³/mol. The number of esters is 2. The van der Waals surface area contributed by atoms with Crippen LogP contribution in [0.15, 0.2) is 42.5 Å². The SMILES string of the molecule is CCCCOC(=O)COC(=O)c1c2c(nc3ccccc13)/C(=C/c1ccc3c(c1)OCO3)CC2. The van der Waals surface area contributed by atoms with E-state index in [2.05, 4.69) is 6.08 Å². The van der Waals surface area contributed by atoms with E-state index in [4.69, 9.17) is 23.9 Å². The highest BCUT2D eigenvalue weighted by Crippen LogP contribution is 2.39. The van der Waals surface area contributed by atoms with Crippen molar-refractivity contribution >= 4 is 34.5 Å². The van der Waals surface area contributed by atoms with E-state index in [1.807, 2.05) is 49.4 Å². The number of benzene rings is 2. The second-order valence-electron chi connectivity index (χ2n) is 8.26. The largest absolute Gasteiger partial charge is 0.463 e. The number of rotatable bonds is 7. The van der Waals surface area contributed by atoms with Crippen molar-refractivity contribution in [2.45, 2.75) is 32.6 Å². The van der Waals surface area contributed by atoms with Crippen molar-refractivity contribution in [3.05, 3.63) is 64.8 Å². The number of aromatic nitrogens is 1. The van der Waals surface area contributed by atoms with Crippen molar-refractivity contribution in [2.24, 2.45) is 0 Å². The fourth-order valence-corrected chi connectivity index (χ4v) is 4.28. The number of fused-ring (bicyclic) bond motifs is 3. The van der Waals surface area contributed by atoms with Gasteiger partial charge in [-0.15, -0.1) is 0 Å². The van der Waals surface area contributed by atoms with E-state index < -0.39 is 18.5 Å². The molecule has 0 saturated carbocycles. The van der Waals surface area contributed by atoms with Crippen molar-refractivity contribution in [3.8, 4) is 11.5 Å². The van der Waals surface area contributed by atoms with Gasteiger partial charge in [0.25, 0.3) is 0 Å². The molecule has 5 rings (SSSR count). The van der Waals surface area contributed by atoms with Crippen molar-refractivity contribution in [1.29, 1.82) is 0 Å². The van der Waals surface area contributed by atoms with Gasteiger partial charge in [-0.2, -0.15) is 0 Å². The van der Waals surface area contributed by atoms with Gasteiger partial charge in [0.1, 0.15) is 0 Å². The zero-order valence-electron chi connectivity index (χ0n) is 19.0. The van der Waals surface area contributed by atoms with Gasteiger partial charge in [-0.25, -0.2) is 14.6 Å². The Bertz CT molecular complexity index is 1300. The number of ether oxygens (including phenoxy) is 4. The number of para-hydroxylation sites is 1. The quantitative estimate of drug-likeness (QED) is 0.365. The fourth-order valence-electron chi connectivity index (χ4n) is 4.28. The first-order valence-electron chi connectivity index (χ1n) is 11.5. The number of hydrogen-bond donors (Lipinski definition) is 0. The summed E-state index contributed by atoms with van der Waals surface area (Å²) in [5.41, 5.74) is 4.81. The summed E-state index contributed by atoms with van der Waals surface area (Å²) in [4.78, 5) is 30.0. The smallest absolute Gasteiger partial charge is 0.344 e. The van der Waals surface area contributed by atoms with Gasteiger partial charge in [0, 0.05) is 5.39 Å². The molecule has 1 aliphatic carbocycles. The van der Waals surface area contributed by atoms with Gasteiger partial charge >= 0.3 is 11.9 Å². The highest BCUT2D eigenvalue weighted by Gasteiger charge is 2.28. The van der Waals surface area contributed by atoms with Crippen molar-refractivity contribution < 1.29 is 28.5 Å². The molecule has 7 nitrogen and oxygen atoms in total. The van der Waals surface area contributed by atoms with Crippen molar-refractivity contribution in [1.82, 2.24) is 4.98 Å². The molecule has 0 saturated heterocycles. The van der Waals surface area contributed by atoms with Crippen LogP contribution >= 0.6 is 0 Å². The van der Waals surface area contributed by atoms with Crippen LogP contribution < -0.4 is 9.47 Å². The van der Waals surface area contributed by atoms with Crippen LogP contribution in [0.4, 0.5) is 0 Å². The van der Waals surface area contributed by atoms with Crippen LogP contribution in [0.3, 0.4) is 0 Å². The van der Waals surface area contributed by atoms with Gasteiger partial charge in [0.2, 0.25) is 6.79 Å². The lowest BCUT2D eigenvalue weighted by Gasteiger charge is -2.12. The van der Waals surface area contributed by atoms with Gasteiger partial charge in [-0.1, -0.05) is 37.6 Å². The van der Waals surface area contributed by atoms with E-state index in [9.17, 15) is 9.59 Å². The molecule has 1 aliphatic heterocycles. The number of carbonyl (C=O) groups is 2. The zero-order chi connectivity index (χ0) is 23.5. The number of unbranched alkanes of at least 4 members (excludes halogenated alkanes) is 1. The lowest BCUT2D eigenvalue weighted by Crippen LogP contribution is -2.18. The molecule has 0 radical (unpaired) electrons. The zero-order valence-corrected chi connectivity index (χ0v) is 19.0. The summed E-state index contributed by atoms with van der Waals surface area (Å²) in [5, 5.41) is 0.718. The molecule has 1 aromatic heterocycles. The third-order valence-electron chi connectivity index (χ3n) is 5.97. The normalized spacial score (nSPS) is 14.9. The molecule has 7 heteroatoms. The maximum absolute atomic E-state index is 13.1. The Morgan fingerprint density at radius 2 is 1.91 bits per heavy atom. The summed E-state index contributed by atoms with van der Waals surface area (Å²) in [7, 11) is 0. The Hall–Kier alpha value is -3.87. The van der Waals surface area contributed by atoms with Gasteiger partial charge in [0.05, 0.1) is 23.4 Å². The van der Waals surface area contributed by atoms with Crippen LogP contribution in [0.5, 0.6) is 11.5 Å². The van der Waals surface area contributed by atoms with Crippen LogP contribution in [0.25, 0.3) is 22.6 Å². The molecular weight excluding hydrogens is 434 g/mol. The first-order chi connectivity index (χ1) is 16.6. The molecule has 0 spiro atoms. The number of nitrogens with zero attached hydrogens (tertiary/aromatic N) is 1. The third-order valence-corrected chi connectivity index (χ3v) is 5.97. The monoisotopic (exact) mass is 459 g/mol. The standard InChI is InChI=1S/C27H25NO6/c1-2-3-12-31-24(29)15-32-27(30)25-19-6-4-5-7-21(19)28-26-18(9-10-20(25)26)13-17-8-11-22-23(14-17)34-16-33-22/h4-8,11,13-14H,2-3,9-10,12,15-16H2,1H3/b18-13+. The number of hydrogen-bond acceptors (Lipinski definition) is 7. The van der Waals surface area contributed by atoms with Crippen LogP contribution in [0.1, 0.15) is 53.4 Å². The molecule has 0 fully saturated rings. The summed E-state index contributed by atoms with van der Waals surface area (Å²) in [6.07, 6.45) is 5.17. The minimum absolute atomic E-state index is 0.226. The molecule has 0 unspecified atom stereocenters. The first kappa shape index (κ1) is 21.9. The van der Waals surface area contributed by atoms with Crippen LogP contribution in [0.2, 0.25) is 0 Å². The molecule has 2 heterocycles. The predicted octanol–water partition coefficient (Wildman–Crippen LogP) is 4.95. The average molecular weight is 459 g/mol. The summed E-state index contributed by atoms with van der Waals surface area (Å²) in [6, 6.07) is 13.3. The van der Waals surface area contributed by atoms with E-state index in [1.165, 1.54) is 0 Å². The summed E-state index contributed by atoms with van der Waals surface area (Å²) >= 11 is 0. The van der Waals surface area contributed by atoms with Gasteiger partial charge in [-0.3, -0.25) is 0 Å². The molecule has 2 aliphatic rings. The van der Waals surface area contributed by atoms with Gasteiger partial charge < -0.3 is 18.9 Å². The second kappa shape index (κ2) is 9.55. The third kappa shape index (κ3) is 4.33. The van der Waals surface area contributed by atoms with E-state index in [0.29, 0.717) is 29.9 Å². The lowest BCUT2D eigenvalue weighted by atomic mass is 10.0. The Balaban J connectivity index is 1.46. The molecule has 174 valence electrons. The Kier molecular flexibility index (Phi) is 6.16. The van der Waals surface area contributed by atoms with E-state index in [0.717, 1.165) is 52.8 Å². The van der Waals surface area contributed by atoms with E-state index in [1.54, 1.807) is 0 Å². The van der Waals surface area contributed by atoms with Crippen molar-refractivity contribution in [3.63, 3.8) is 0 Å². The topological polar surface area (TPSA) is 84.0 Å². The minimum Gasteiger partial charge on any atom is -0.463 e. The number of carbonyl (C=O) groups excluding carboxylic acids is 2. The Morgan fingerprint density at radius 1 is 1.06 bits per heavy atom. The maximum Gasteiger partial charge on any atom is 0.344 e.